The molecule has 0 saturated heterocycles. The number of rotatable bonds is 2. The van der Waals surface area contributed by atoms with E-state index in [1.54, 1.807) is 0 Å². The van der Waals surface area contributed by atoms with E-state index in [0.29, 0.717) is 0 Å². The van der Waals surface area contributed by atoms with Crippen molar-refractivity contribution in [1.82, 2.24) is 4.98 Å². The largest absolute Gasteiger partial charge is 0.373 e. The van der Waals surface area contributed by atoms with Crippen molar-refractivity contribution < 1.29 is 0 Å². The first-order valence-corrected chi connectivity index (χ1v) is 4.91. The van der Waals surface area contributed by atoms with Crippen molar-refractivity contribution in [3.8, 4) is 0 Å². The Labute approximate surface area is 84.0 Å². The smallest absolute Gasteiger partial charge is 0.133 e. The van der Waals surface area contributed by atoms with Gasteiger partial charge in [0.05, 0.1) is 0 Å². The predicted octanol–water partition coefficient (Wildman–Crippen LogP) is 2.84. The molecule has 0 amide bonds. The van der Waals surface area contributed by atoms with Crippen LogP contribution in [-0.2, 0) is 6.42 Å². The molecule has 0 aliphatic carbocycles. The highest BCUT2D eigenvalue weighted by atomic mass is 15.0. The molecule has 2 heteroatoms. The molecule has 0 unspecified atom stereocenters. The van der Waals surface area contributed by atoms with Crippen molar-refractivity contribution in [3.63, 3.8) is 0 Å². The summed E-state index contributed by atoms with van der Waals surface area (Å²) in [6.45, 7) is 2.12. The molecule has 0 radical (unpaired) electrons. The highest BCUT2D eigenvalue weighted by molar-refractivity contribution is 5.92. The number of aryl methyl sites for hydroxylation is 1. The Bertz CT molecular complexity index is 449. The Morgan fingerprint density at radius 3 is 2.79 bits per heavy atom. The second kappa shape index (κ2) is 3.66. The average Bonchev–Trinajstić information content (AvgIpc) is 2.27. The summed E-state index contributed by atoms with van der Waals surface area (Å²) in [5.74, 6) is 0.972. The molecule has 2 aromatic rings. The van der Waals surface area contributed by atoms with Crippen molar-refractivity contribution in [2.75, 3.05) is 12.4 Å². The van der Waals surface area contributed by atoms with E-state index in [9.17, 15) is 0 Å². The van der Waals surface area contributed by atoms with E-state index >= 15 is 0 Å². The van der Waals surface area contributed by atoms with Crippen LogP contribution in [0.25, 0.3) is 10.8 Å². The van der Waals surface area contributed by atoms with Crippen LogP contribution in [-0.4, -0.2) is 12.0 Å². The lowest BCUT2D eigenvalue weighted by Crippen LogP contribution is -1.97. The lowest BCUT2D eigenvalue weighted by Gasteiger charge is -2.07. The summed E-state index contributed by atoms with van der Waals surface area (Å²) in [7, 11) is 1.91. The van der Waals surface area contributed by atoms with E-state index < -0.39 is 0 Å². The fraction of sp³-hybridized carbons (Fsp3) is 0.250. The fourth-order valence-electron chi connectivity index (χ4n) is 1.63. The molecule has 1 aromatic heterocycles. The van der Waals surface area contributed by atoms with E-state index in [4.69, 9.17) is 0 Å². The Morgan fingerprint density at radius 2 is 2.07 bits per heavy atom. The third-order valence-corrected chi connectivity index (χ3v) is 2.39. The number of pyridine rings is 1. The topological polar surface area (TPSA) is 24.9 Å². The number of benzene rings is 1. The van der Waals surface area contributed by atoms with Gasteiger partial charge in [0.2, 0.25) is 0 Å². The van der Waals surface area contributed by atoms with Gasteiger partial charge in [-0.05, 0) is 17.9 Å². The van der Waals surface area contributed by atoms with Crippen LogP contribution in [0.3, 0.4) is 0 Å². The highest BCUT2D eigenvalue weighted by Crippen LogP contribution is 2.21. The quantitative estimate of drug-likeness (QED) is 0.780. The van der Waals surface area contributed by atoms with Crippen molar-refractivity contribution in [2.24, 2.45) is 0 Å². The molecular weight excluding hydrogens is 172 g/mol. The summed E-state index contributed by atoms with van der Waals surface area (Å²) < 4.78 is 0. The third kappa shape index (κ3) is 1.43. The Morgan fingerprint density at radius 1 is 1.29 bits per heavy atom. The number of hydrogen-bond acceptors (Lipinski definition) is 2. The van der Waals surface area contributed by atoms with Crippen LogP contribution in [0.4, 0.5) is 5.82 Å². The molecule has 0 spiro atoms. The first kappa shape index (κ1) is 9.00. The molecular formula is C12H14N2. The molecule has 14 heavy (non-hydrogen) atoms. The molecule has 0 aliphatic heterocycles. The van der Waals surface area contributed by atoms with Gasteiger partial charge in [-0.2, -0.15) is 0 Å². The lowest BCUT2D eigenvalue weighted by molar-refractivity contribution is 1.05. The normalized spacial score (nSPS) is 10.4. The van der Waals surface area contributed by atoms with Gasteiger partial charge in [0.1, 0.15) is 5.82 Å². The summed E-state index contributed by atoms with van der Waals surface area (Å²) in [4.78, 5) is 4.53. The van der Waals surface area contributed by atoms with E-state index in [2.05, 4.69) is 41.5 Å². The van der Waals surface area contributed by atoms with Crippen molar-refractivity contribution in [2.45, 2.75) is 13.3 Å². The number of fused-ring (bicyclic) bond motifs is 1. The maximum absolute atomic E-state index is 4.53. The van der Waals surface area contributed by atoms with E-state index in [1.165, 1.54) is 10.8 Å². The highest BCUT2D eigenvalue weighted by Gasteiger charge is 2.02. The average molecular weight is 186 g/mol. The summed E-state index contributed by atoms with van der Waals surface area (Å²) >= 11 is 0. The van der Waals surface area contributed by atoms with Gasteiger partial charge in [0, 0.05) is 18.1 Å². The van der Waals surface area contributed by atoms with Crippen LogP contribution in [0.1, 0.15) is 12.6 Å². The molecule has 2 rings (SSSR count). The molecule has 2 nitrogen and oxygen atoms in total. The molecule has 72 valence electrons. The maximum atomic E-state index is 4.53. The number of hydrogen-bond donors (Lipinski definition) is 1. The maximum Gasteiger partial charge on any atom is 0.133 e. The molecule has 1 heterocycles. The summed E-state index contributed by atoms with van der Waals surface area (Å²) in [6.07, 6.45) is 0.972. The van der Waals surface area contributed by atoms with E-state index in [0.717, 1.165) is 17.9 Å². The number of nitrogens with one attached hydrogen (secondary N) is 1. The Hall–Kier alpha value is -1.57. The van der Waals surface area contributed by atoms with Crippen molar-refractivity contribution >= 4 is 16.6 Å². The second-order valence-electron chi connectivity index (χ2n) is 3.29. The number of nitrogens with zero attached hydrogens (tertiary/aromatic N) is 1. The molecule has 0 bridgehead atoms. The number of anilines is 1. The minimum absolute atomic E-state index is 0.972. The van der Waals surface area contributed by atoms with Gasteiger partial charge in [-0.25, -0.2) is 4.98 Å². The van der Waals surface area contributed by atoms with Crippen LogP contribution in [0.15, 0.2) is 30.3 Å². The standard InChI is InChI=1S/C12H14N2/c1-3-10-8-9-6-4-5-7-11(9)12(13-2)14-10/h4-8H,3H2,1-2H3,(H,13,14). The van der Waals surface area contributed by atoms with Crippen molar-refractivity contribution in [1.29, 1.82) is 0 Å². The SMILES string of the molecule is CCc1cc2ccccc2c(NC)n1. The third-order valence-electron chi connectivity index (χ3n) is 2.39. The summed E-state index contributed by atoms with van der Waals surface area (Å²) in [5, 5.41) is 5.57. The molecule has 0 aliphatic rings. The van der Waals surface area contributed by atoms with Crippen LogP contribution in [0.5, 0.6) is 0 Å². The van der Waals surface area contributed by atoms with Gasteiger partial charge in [0.15, 0.2) is 0 Å². The van der Waals surface area contributed by atoms with Gasteiger partial charge < -0.3 is 5.32 Å². The zero-order valence-corrected chi connectivity index (χ0v) is 8.54. The van der Waals surface area contributed by atoms with Crippen LogP contribution < -0.4 is 5.32 Å². The predicted molar refractivity (Wildman–Crippen MR) is 60.7 cm³/mol. The molecule has 0 fully saturated rings. The molecule has 1 N–H and O–H groups in total. The van der Waals surface area contributed by atoms with Gasteiger partial charge in [-0.1, -0.05) is 31.2 Å². The second-order valence-corrected chi connectivity index (χ2v) is 3.29. The van der Waals surface area contributed by atoms with Crippen LogP contribution in [0, 0.1) is 0 Å². The fourth-order valence-corrected chi connectivity index (χ4v) is 1.63. The van der Waals surface area contributed by atoms with Gasteiger partial charge in [0.25, 0.3) is 0 Å². The van der Waals surface area contributed by atoms with Gasteiger partial charge in [-0.15, -0.1) is 0 Å². The zero-order chi connectivity index (χ0) is 9.97. The molecule has 0 atom stereocenters. The Kier molecular flexibility index (Phi) is 2.35. The van der Waals surface area contributed by atoms with Crippen LogP contribution in [0.2, 0.25) is 0 Å². The Balaban J connectivity index is 2.73. The summed E-state index contributed by atoms with van der Waals surface area (Å²) in [5.41, 5.74) is 1.13. The lowest BCUT2D eigenvalue weighted by atomic mass is 10.1. The van der Waals surface area contributed by atoms with Crippen molar-refractivity contribution in [3.05, 3.63) is 36.0 Å². The molecule has 0 saturated carbocycles. The monoisotopic (exact) mass is 186 g/mol. The van der Waals surface area contributed by atoms with Crippen LogP contribution >= 0.6 is 0 Å². The van der Waals surface area contributed by atoms with Gasteiger partial charge >= 0.3 is 0 Å². The minimum atomic E-state index is 0.972. The van der Waals surface area contributed by atoms with E-state index in [-0.39, 0.29) is 0 Å². The molecule has 1 aromatic carbocycles. The first-order chi connectivity index (χ1) is 6.85. The first-order valence-electron chi connectivity index (χ1n) is 4.91. The minimum Gasteiger partial charge on any atom is -0.373 e. The summed E-state index contributed by atoms with van der Waals surface area (Å²) in [6, 6.07) is 10.5. The van der Waals surface area contributed by atoms with Gasteiger partial charge in [-0.3, -0.25) is 0 Å². The number of aromatic nitrogens is 1. The van der Waals surface area contributed by atoms with E-state index in [1.807, 2.05) is 13.1 Å². The zero-order valence-electron chi connectivity index (χ0n) is 8.54.